The average molecular weight is 295 g/mol. The molecule has 1 nitrogen and oxygen atoms in total. The second-order valence-corrected chi connectivity index (χ2v) is 6.46. The van der Waals surface area contributed by atoms with E-state index in [1.165, 1.54) is 33.4 Å². The van der Waals surface area contributed by atoms with Crippen LogP contribution in [0.1, 0.15) is 49.9 Å². The SMILES string of the molecule is CCN(C)C(C1=C(C)CC=CC=C1C)c1c(C)cccc1C. The Labute approximate surface area is 136 Å². The van der Waals surface area contributed by atoms with Crippen LogP contribution in [-0.2, 0) is 0 Å². The first-order valence-corrected chi connectivity index (χ1v) is 8.27. The molecule has 1 aromatic rings. The summed E-state index contributed by atoms with van der Waals surface area (Å²) >= 11 is 0. The largest absolute Gasteiger partial charge is 0.296 e. The summed E-state index contributed by atoms with van der Waals surface area (Å²) in [7, 11) is 2.24. The van der Waals surface area contributed by atoms with E-state index >= 15 is 0 Å². The highest BCUT2D eigenvalue weighted by Gasteiger charge is 2.26. The van der Waals surface area contributed by atoms with E-state index in [-0.39, 0.29) is 0 Å². The van der Waals surface area contributed by atoms with E-state index in [0.717, 1.165) is 13.0 Å². The summed E-state index contributed by atoms with van der Waals surface area (Å²) in [6, 6.07) is 6.98. The number of benzene rings is 1. The van der Waals surface area contributed by atoms with Crippen LogP contribution in [0.15, 0.2) is 53.1 Å². The van der Waals surface area contributed by atoms with Crippen LogP contribution in [-0.4, -0.2) is 18.5 Å². The van der Waals surface area contributed by atoms with Crippen LogP contribution in [0.5, 0.6) is 0 Å². The lowest BCUT2D eigenvalue weighted by atomic mass is 9.84. The summed E-state index contributed by atoms with van der Waals surface area (Å²) in [4.78, 5) is 2.47. The van der Waals surface area contributed by atoms with E-state index < -0.39 is 0 Å². The summed E-state index contributed by atoms with van der Waals surface area (Å²) < 4.78 is 0. The first kappa shape index (κ1) is 16.8. The Bertz CT molecular complexity index is 611. The number of hydrogen-bond acceptors (Lipinski definition) is 1. The van der Waals surface area contributed by atoms with E-state index in [0.29, 0.717) is 6.04 Å². The maximum Gasteiger partial charge on any atom is 0.0606 e. The van der Waals surface area contributed by atoms with Gasteiger partial charge in [0, 0.05) is 0 Å². The molecule has 0 bridgehead atoms. The van der Waals surface area contributed by atoms with Crippen molar-refractivity contribution in [3.63, 3.8) is 0 Å². The first-order valence-electron chi connectivity index (χ1n) is 8.27. The van der Waals surface area contributed by atoms with Gasteiger partial charge in [0.05, 0.1) is 6.04 Å². The quantitative estimate of drug-likeness (QED) is 0.707. The van der Waals surface area contributed by atoms with E-state index in [1.54, 1.807) is 0 Å². The molecular weight excluding hydrogens is 266 g/mol. The van der Waals surface area contributed by atoms with Crippen LogP contribution in [0.25, 0.3) is 0 Å². The molecule has 118 valence electrons. The standard InChI is InChI=1S/C21H29N/c1-7-22(6)21(20-17(4)13-10-14-18(20)5)19-15(2)11-8-9-12-16(19)3/h8-11,13-14,21H,7,12H2,1-6H3. The normalized spacial score (nSPS) is 16.8. The predicted molar refractivity (Wildman–Crippen MR) is 97.2 cm³/mol. The van der Waals surface area contributed by atoms with Crippen molar-refractivity contribution in [2.24, 2.45) is 0 Å². The minimum Gasteiger partial charge on any atom is -0.296 e. The number of aryl methyl sites for hydroxylation is 2. The third kappa shape index (κ3) is 3.25. The topological polar surface area (TPSA) is 3.24 Å². The third-order valence-corrected chi connectivity index (χ3v) is 4.82. The van der Waals surface area contributed by atoms with Gasteiger partial charge in [-0.3, -0.25) is 4.90 Å². The highest BCUT2D eigenvalue weighted by atomic mass is 15.1. The van der Waals surface area contributed by atoms with Crippen LogP contribution in [0.4, 0.5) is 0 Å². The second kappa shape index (κ2) is 7.11. The van der Waals surface area contributed by atoms with Gasteiger partial charge in [0.25, 0.3) is 0 Å². The van der Waals surface area contributed by atoms with Crippen LogP contribution in [0, 0.1) is 13.8 Å². The fourth-order valence-corrected chi connectivity index (χ4v) is 3.47. The molecule has 0 fully saturated rings. The minimum atomic E-state index is 0.336. The van der Waals surface area contributed by atoms with Gasteiger partial charge in [-0.2, -0.15) is 0 Å². The Morgan fingerprint density at radius 3 is 2.32 bits per heavy atom. The van der Waals surface area contributed by atoms with Crippen molar-refractivity contribution in [1.82, 2.24) is 4.90 Å². The molecule has 0 saturated heterocycles. The molecule has 1 aliphatic rings. The number of hydrogen-bond donors (Lipinski definition) is 0. The van der Waals surface area contributed by atoms with Gasteiger partial charge in [-0.25, -0.2) is 0 Å². The van der Waals surface area contributed by atoms with Gasteiger partial charge in [0.2, 0.25) is 0 Å². The molecule has 0 aliphatic heterocycles. The molecule has 0 amide bonds. The average Bonchev–Trinajstić information content (AvgIpc) is 2.64. The summed E-state index contributed by atoms with van der Waals surface area (Å²) in [6.45, 7) is 12.3. The lowest BCUT2D eigenvalue weighted by molar-refractivity contribution is 0.289. The molecule has 1 unspecified atom stereocenters. The van der Waals surface area contributed by atoms with Crippen molar-refractivity contribution < 1.29 is 0 Å². The van der Waals surface area contributed by atoms with Gasteiger partial charge in [-0.05, 0) is 75.5 Å². The highest BCUT2D eigenvalue weighted by molar-refractivity contribution is 5.49. The van der Waals surface area contributed by atoms with E-state index in [9.17, 15) is 0 Å². The van der Waals surface area contributed by atoms with Gasteiger partial charge in [-0.1, -0.05) is 48.9 Å². The summed E-state index contributed by atoms with van der Waals surface area (Å²) in [5, 5.41) is 0. The molecule has 2 rings (SSSR count). The fourth-order valence-electron chi connectivity index (χ4n) is 3.47. The molecule has 0 N–H and O–H groups in total. The maximum atomic E-state index is 2.47. The third-order valence-electron chi connectivity index (χ3n) is 4.82. The molecule has 0 radical (unpaired) electrons. The minimum absolute atomic E-state index is 0.336. The Hall–Kier alpha value is -1.60. The van der Waals surface area contributed by atoms with Crippen LogP contribution in [0.2, 0.25) is 0 Å². The van der Waals surface area contributed by atoms with Crippen molar-refractivity contribution in [2.75, 3.05) is 13.6 Å². The zero-order valence-electron chi connectivity index (χ0n) is 14.9. The lowest BCUT2D eigenvalue weighted by Crippen LogP contribution is -2.28. The molecule has 22 heavy (non-hydrogen) atoms. The van der Waals surface area contributed by atoms with Crippen LogP contribution >= 0.6 is 0 Å². The molecule has 0 heterocycles. The Morgan fingerprint density at radius 1 is 1.09 bits per heavy atom. The van der Waals surface area contributed by atoms with Crippen molar-refractivity contribution in [3.8, 4) is 0 Å². The molecular formula is C21H29N. The second-order valence-electron chi connectivity index (χ2n) is 6.46. The van der Waals surface area contributed by atoms with Gasteiger partial charge in [-0.15, -0.1) is 0 Å². The summed E-state index contributed by atoms with van der Waals surface area (Å²) in [5.74, 6) is 0. The fraction of sp³-hybridized carbons (Fsp3) is 0.429. The predicted octanol–water partition coefficient (Wildman–Crippen LogP) is 5.52. The van der Waals surface area contributed by atoms with E-state index in [4.69, 9.17) is 0 Å². The maximum absolute atomic E-state index is 2.47. The van der Waals surface area contributed by atoms with E-state index in [2.05, 4.69) is 83.0 Å². The number of rotatable bonds is 4. The van der Waals surface area contributed by atoms with Gasteiger partial charge >= 0.3 is 0 Å². The molecule has 0 spiro atoms. The molecule has 1 atom stereocenters. The molecule has 0 saturated carbocycles. The van der Waals surface area contributed by atoms with Gasteiger partial charge < -0.3 is 0 Å². The first-order chi connectivity index (χ1) is 10.5. The van der Waals surface area contributed by atoms with Crippen LogP contribution < -0.4 is 0 Å². The molecule has 0 aromatic heterocycles. The van der Waals surface area contributed by atoms with Gasteiger partial charge in [0.15, 0.2) is 0 Å². The molecule has 1 aromatic carbocycles. The number of allylic oxidation sites excluding steroid dienone is 4. The summed E-state index contributed by atoms with van der Waals surface area (Å²) in [6.07, 6.45) is 7.76. The number of likely N-dealkylation sites (N-methyl/N-ethyl adjacent to an activating group) is 1. The van der Waals surface area contributed by atoms with Gasteiger partial charge in [0.1, 0.15) is 0 Å². The van der Waals surface area contributed by atoms with E-state index in [1.807, 2.05) is 0 Å². The number of nitrogens with zero attached hydrogens (tertiary/aromatic N) is 1. The monoisotopic (exact) mass is 295 g/mol. The molecule has 1 aliphatic carbocycles. The smallest absolute Gasteiger partial charge is 0.0606 e. The van der Waals surface area contributed by atoms with Crippen molar-refractivity contribution in [2.45, 2.75) is 47.1 Å². The lowest BCUT2D eigenvalue weighted by Gasteiger charge is -2.34. The van der Waals surface area contributed by atoms with Crippen molar-refractivity contribution in [3.05, 3.63) is 69.8 Å². The van der Waals surface area contributed by atoms with Crippen LogP contribution in [0.3, 0.4) is 0 Å². The van der Waals surface area contributed by atoms with Crippen molar-refractivity contribution in [1.29, 1.82) is 0 Å². The zero-order chi connectivity index (χ0) is 16.3. The highest BCUT2D eigenvalue weighted by Crippen LogP contribution is 2.38. The molecule has 1 heteroatoms. The Morgan fingerprint density at radius 2 is 1.73 bits per heavy atom. The Kier molecular flexibility index (Phi) is 5.42. The van der Waals surface area contributed by atoms with Crippen molar-refractivity contribution >= 4 is 0 Å². The Balaban J connectivity index is 2.66. The zero-order valence-corrected chi connectivity index (χ0v) is 14.9. The summed E-state index contributed by atoms with van der Waals surface area (Å²) in [5.41, 5.74) is 8.60.